The molecule has 0 bridgehead atoms. The molecule has 0 radical (unpaired) electrons. The molecule has 64 valence electrons. The number of hydrogen-bond donors (Lipinski definition) is 1. The molecule has 0 aromatic rings. The van der Waals surface area contributed by atoms with Crippen LogP contribution in [0.5, 0.6) is 0 Å². The van der Waals surface area contributed by atoms with Crippen LogP contribution in [0.4, 0.5) is 0 Å². The van der Waals surface area contributed by atoms with Crippen molar-refractivity contribution in [1.82, 2.24) is 0 Å². The van der Waals surface area contributed by atoms with E-state index >= 15 is 0 Å². The molecular weight excluding hydrogens is 177 g/mol. The first-order valence-corrected chi connectivity index (χ1v) is 4.56. The van der Waals surface area contributed by atoms with Crippen molar-refractivity contribution in [3.05, 3.63) is 0 Å². The Morgan fingerprint density at radius 2 is 2.00 bits per heavy atom. The van der Waals surface area contributed by atoms with Gasteiger partial charge in [-0.3, -0.25) is 4.18 Å². The Kier molecular flexibility index (Phi) is 8.37. The Morgan fingerprint density at radius 1 is 1.55 bits per heavy atom. The van der Waals surface area contributed by atoms with Crippen LogP contribution in [0.1, 0.15) is 21.7 Å². The summed E-state index contributed by atoms with van der Waals surface area (Å²) in [5.74, 6) is 0.432. The predicted molar refractivity (Wildman–Crippen MR) is 39.6 cm³/mol. The topological polar surface area (TPSA) is 69.4 Å². The van der Waals surface area contributed by atoms with Crippen molar-refractivity contribution in [2.75, 3.05) is 6.61 Å². The molecule has 0 spiro atoms. The van der Waals surface area contributed by atoms with E-state index in [9.17, 15) is 8.42 Å². The molecule has 11 heavy (non-hydrogen) atoms. The summed E-state index contributed by atoms with van der Waals surface area (Å²) in [4.78, 5) is 0. The van der Waals surface area contributed by atoms with Crippen molar-refractivity contribution in [2.45, 2.75) is 20.3 Å². The molecule has 0 aromatic heterocycles. The maximum absolute atomic E-state index is 10.2. The zero-order valence-corrected chi connectivity index (χ0v) is 10.0. The van der Waals surface area contributed by atoms with Crippen LogP contribution >= 0.6 is 0 Å². The van der Waals surface area contributed by atoms with Crippen molar-refractivity contribution in [2.24, 2.45) is 11.1 Å². The van der Waals surface area contributed by atoms with Gasteiger partial charge in [0.15, 0.2) is 0 Å². The van der Waals surface area contributed by atoms with Crippen LogP contribution in [0.2, 0.25) is 0 Å². The minimum absolute atomic E-state index is 0. The molecule has 0 rings (SSSR count). The first kappa shape index (κ1) is 14.4. The average molecular weight is 191 g/mol. The van der Waals surface area contributed by atoms with Gasteiger partial charge in [0.25, 0.3) is 0 Å². The third-order valence-corrected chi connectivity index (χ3v) is 1.44. The molecule has 0 amide bonds. The predicted octanol–water partition coefficient (Wildman–Crippen LogP) is -2.63. The summed E-state index contributed by atoms with van der Waals surface area (Å²) in [5, 5.41) is 4.57. The normalized spacial score (nSPS) is 11.3. The zero-order valence-electron chi connectivity index (χ0n) is 8.20. The van der Waals surface area contributed by atoms with E-state index in [1.165, 1.54) is 0 Å². The van der Waals surface area contributed by atoms with Gasteiger partial charge in [-0.15, -0.1) is 0 Å². The fraction of sp³-hybridized carbons (Fsp3) is 1.00. The van der Waals surface area contributed by atoms with Crippen LogP contribution < -0.4 is 34.7 Å². The van der Waals surface area contributed by atoms with Crippen molar-refractivity contribution in [3.8, 4) is 0 Å². The maximum Gasteiger partial charge on any atom is 1.00 e. The van der Waals surface area contributed by atoms with Crippen LogP contribution in [0.15, 0.2) is 0 Å². The van der Waals surface area contributed by atoms with Gasteiger partial charge in [0, 0.05) is 0 Å². The van der Waals surface area contributed by atoms with Gasteiger partial charge in [-0.2, -0.15) is 8.42 Å². The quantitative estimate of drug-likeness (QED) is 0.494. The number of nitrogens with two attached hydrogens (primary N) is 1. The number of rotatable bonds is 4. The Hall–Kier alpha value is 0.870. The molecule has 2 N–H and O–H groups in total. The summed E-state index contributed by atoms with van der Waals surface area (Å²) in [7, 11) is -3.72. The smallest absolute Gasteiger partial charge is 1.00 e. The van der Waals surface area contributed by atoms with Crippen molar-refractivity contribution >= 4 is 10.3 Å². The number of hydrogen-bond acceptors (Lipinski definition) is 3. The molecule has 0 saturated carbocycles. The van der Waals surface area contributed by atoms with Crippen LogP contribution in [-0.2, 0) is 14.5 Å². The SMILES string of the molecule is CC(C)CCOS(N)(=O)=O.[H-].[Na+]. The van der Waals surface area contributed by atoms with Gasteiger partial charge in [-0.25, -0.2) is 5.14 Å². The van der Waals surface area contributed by atoms with Crippen molar-refractivity contribution in [1.29, 1.82) is 0 Å². The third-order valence-electron chi connectivity index (χ3n) is 0.943. The summed E-state index contributed by atoms with van der Waals surface area (Å²) in [6.07, 6.45) is 0.705. The van der Waals surface area contributed by atoms with Gasteiger partial charge in [-0.1, -0.05) is 13.8 Å². The Balaban J connectivity index is -0.000000405. The van der Waals surface area contributed by atoms with E-state index in [1.807, 2.05) is 13.8 Å². The maximum atomic E-state index is 10.2. The van der Waals surface area contributed by atoms with Gasteiger partial charge in [0.2, 0.25) is 0 Å². The second-order valence-corrected chi connectivity index (χ2v) is 3.72. The van der Waals surface area contributed by atoms with Crippen molar-refractivity contribution < 1.29 is 43.6 Å². The summed E-state index contributed by atoms with van der Waals surface area (Å²) in [6.45, 7) is 4.13. The molecule has 0 unspecified atom stereocenters. The second-order valence-electron chi connectivity index (χ2n) is 2.50. The fourth-order valence-corrected chi connectivity index (χ4v) is 0.729. The molecule has 0 aliphatic carbocycles. The van der Waals surface area contributed by atoms with Crippen LogP contribution in [0.25, 0.3) is 0 Å². The van der Waals surface area contributed by atoms with Gasteiger partial charge in [0.1, 0.15) is 0 Å². The third kappa shape index (κ3) is 13.8. The molecule has 6 heteroatoms. The van der Waals surface area contributed by atoms with Crippen LogP contribution in [0, 0.1) is 5.92 Å². The van der Waals surface area contributed by atoms with E-state index in [1.54, 1.807) is 0 Å². The molecule has 0 aromatic carbocycles. The summed E-state index contributed by atoms with van der Waals surface area (Å²) in [6, 6.07) is 0. The molecule has 0 aliphatic heterocycles. The summed E-state index contributed by atoms with van der Waals surface area (Å²) in [5.41, 5.74) is 0. The van der Waals surface area contributed by atoms with Gasteiger partial charge >= 0.3 is 39.9 Å². The van der Waals surface area contributed by atoms with Gasteiger partial charge in [-0.05, 0) is 12.3 Å². The summed E-state index contributed by atoms with van der Waals surface area (Å²) >= 11 is 0. The molecule has 0 heterocycles. The van der Waals surface area contributed by atoms with E-state index < -0.39 is 10.3 Å². The van der Waals surface area contributed by atoms with E-state index in [-0.39, 0.29) is 37.6 Å². The molecule has 0 atom stereocenters. The van der Waals surface area contributed by atoms with Crippen LogP contribution in [0.3, 0.4) is 0 Å². The first-order valence-electron chi connectivity index (χ1n) is 3.09. The average Bonchev–Trinajstić information content (AvgIpc) is 1.59. The van der Waals surface area contributed by atoms with Gasteiger partial charge in [0.05, 0.1) is 6.61 Å². The second kappa shape index (κ2) is 6.39. The molecule has 0 saturated heterocycles. The largest absolute Gasteiger partial charge is 1.00 e. The Morgan fingerprint density at radius 3 is 2.27 bits per heavy atom. The van der Waals surface area contributed by atoms with E-state index in [2.05, 4.69) is 9.32 Å². The molecule has 0 fully saturated rings. The van der Waals surface area contributed by atoms with Crippen LogP contribution in [-0.4, -0.2) is 15.0 Å². The Bertz CT molecular complexity index is 183. The first-order chi connectivity index (χ1) is 4.42. The van der Waals surface area contributed by atoms with E-state index in [0.29, 0.717) is 12.3 Å². The fourth-order valence-electron chi connectivity index (χ4n) is 0.400. The van der Waals surface area contributed by atoms with Gasteiger partial charge < -0.3 is 1.43 Å². The minimum atomic E-state index is -3.72. The van der Waals surface area contributed by atoms with E-state index in [4.69, 9.17) is 0 Å². The molecule has 4 nitrogen and oxygen atoms in total. The minimum Gasteiger partial charge on any atom is -1.00 e. The zero-order chi connectivity index (χ0) is 8.20. The Labute approximate surface area is 91.5 Å². The van der Waals surface area contributed by atoms with E-state index in [0.717, 1.165) is 0 Å². The molecule has 0 aliphatic rings. The summed E-state index contributed by atoms with van der Waals surface area (Å²) < 4.78 is 24.6. The standard InChI is InChI=1S/C5H13NO3S.Na.H/c1-5(2)3-4-9-10(6,7)8;;/h5H,3-4H2,1-2H3,(H2,6,7,8);;/q;+1;-1. The molecular formula is C5H14NNaO3S. The monoisotopic (exact) mass is 191 g/mol. The van der Waals surface area contributed by atoms with Crippen molar-refractivity contribution in [3.63, 3.8) is 0 Å².